The molecule has 1 aliphatic carbocycles. The van der Waals surface area contributed by atoms with Crippen molar-refractivity contribution in [1.29, 1.82) is 0 Å². The van der Waals surface area contributed by atoms with Gasteiger partial charge in [-0.15, -0.1) is 0 Å². The van der Waals surface area contributed by atoms with Crippen molar-refractivity contribution in [2.45, 2.75) is 52.0 Å². The lowest BCUT2D eigenvalue weighted by Gasteiger charge is -2.27. The predicted octanol–water partition coefficient (Wildman–Crippen LogP) is 2.50. The van der Waals surface area contributed by atoms with Gasteiger partial charge in [-0.05, 0) is 38.5 Å². The Morgan fingerprint density at radius 3 is 2.48 bits per heavy atom. The molecule has 1 saturated heterocycles. The summed E-state index contributed by atoms with van der Waals surface area (Å²) in [5.74, 6) is 3.01. The standard InChI is InChI=1S/C15H26N6/c1-3-11-10-12(11)17-14-18-13(16-4-2)19-15(20-14)21-8-6-5-7-9-21/h11-12H,3-10H2,1-2H3,(H2,16,17,18,19,20). The van der Waals surface area contributed by atoms with Crippen molar-refractivity contribution in [3.63, 3.8) is 0 Å². The number of nitrogens with one attached hydrogen (secondary N) is 2. The molecule has 6 heteroatoms. The zero-order valence-electron chi connectivity index (χ0n) is 13.1. The molecule has 2 unspecified atom stereocenters. The van der Waals surface area contributed by atoms with Crippen molar-refractivity contribution in [2.24, 2.45) is 5.92 Å². The van der Waals surface area contributed by atoms with Gasteiger partial charge in [-0.3, -0.25) is 0 Å². The van der Waals surface area contributed by atoms with Gasteiger partial charge < -0.3 is 15.5 Å². The van der Waals surface area contributed by atoms with Gasteiger partial charge in [-0.2, -0.15) is 15.0 Å². The molecule has 1 aromatic rings. The van der Waals surface area contributed by atoms with E-state index in [1.165, 1.54) is 32.1 Å². The maximum absolute atomic E-state index is 4.64. The van der Waals surface area contributed by atoms with Crippen LogP contribution >= 0.6 is 0 Å². The summed E-state index contributed by atoms with van der Waals surface area (Å²) in [7, 11) is 0. The predicted molar refractivity (Wildman–Crippen MR) is 85.9 cm³/mol. The molecule has 3 rings (SSSR count). The average molecular weight is 290 g/mol. The Labute approximate surface area is 126 Å². The highest BCUT2D eigenvalue weighted by Gasteiger charge is 2.36. The highest BCUT2D eigenvalue weighted by atomic mass is 15.3. The van der Waals surface area contributed by atoms with Crippen molar-refractivity contribution in [1.82, 2.24) is 15.0 Å². The van der Waals surface area contributed by atoms with E-state index in [9.17, 15) is 0 Å². The number of aromatic nitrogens is 3. The first-order valence-corrected chi connectivity index (χ1v) is 8.31. The first kappa shape index (κ1) is 14.4. The highest BCUT2D eigenvalue weighted by molar-refractivity contribution is 5.45. The van der Waals surface area contributed by atoms with Crippen molar-refractivity contribution in [2.75, 3.05) is 35.2 Å². The Kier molecular flexibility index (Phi) is 4.41. The molecule has 2 aliphatic rings. The van der Waals surface area contributed by atoms with E-state index < -0.39 is 0 Å². The van der Waals surface area contributed by atoms with Gasteiger partial charge >= 0.3 is 0 Å². The Morgan fingerprint density at radius 2 is 1.81 bits per heavy atom. The Morgan fingerprint density at radius 1 is 1.05 bits per heavy atom. The van der Waals surface area contributed by atoms with Crippen LogP contribution in [0.15, 0.2) is 0 Å². The Balaban J connectivity index is 1.76. The van der Waals surface area contributed by atoms with Crippen molar-refractivity contribution in [3.05, 3.63) is 0 Å². The summed E-state index contributed by atoms with van der Waals surface area (Å²) >= 11 is 0. The van der Waals surface area contributed by atoms with E-state index in [0.29, 0.717) is 12.0 Å². The third kappa shape index (κ3) is 3.54. The van der Waals surface area contributed by atoms with E-state index in [-0.39, 0.29) is 0 Å². The van der Waals surface area contributed by atoms with E-state index in [4.69, 9.17) is 0 Å². The van der Waals surface area contributed by atoms with Gasteiger partial charge in [0.1, 0.15) is 0 Å². The molecule has 2 atom stereocenters. The number of hydrogen-bond donors (Lipinski definition) is 2. The molecule has 0 spiro atoms. The van der Waals surface area contributed by atoms with Crippen LogP contribution in [0.25, 0.3) is 0 Å². The van der Waals surface area contributed by atoms with Gasteiger partial charge in [0.15, 0.2) is 0 Å². The summed E-state index contributed by atoms with van der Waals surface area (Å²) < 4.78 is 0. The van der Waals surface area contributed by atoms with Crippen LogP contribution in [0.1, 0.15) is 46.0 Å². The summed E-state index contributed by atoms with van der Waals surface area (Å²) in [6.45, 7) is 7.23. The molecular formula is C15H26N6. The minimum absolute atomic E-state index is 0.543. The van der Waals surface area contributed by atoms with Gasteiger partial charge in [0.05, 0.1) is 0 Å². The fourth-order valence-electron chi connectivity index (χ4n) is 2.94. The number of nitrogens with zero attached hydrogens (tertiary/aromatic N) is 4. The molecular weight excluding hydrogens is 264 g/mol. The van der Waals surface area contributed by atoms with E-state index in [0.717, 1.165) is 37.4 Å². The number of hydrogen-bond acceptors (Lipinski definition) is 6. The van der Waals surface area contributed by atoms with E-state index in [1.807, 2.05) is 0 Å². The zero-order valence-corrected chi connectivity index (χ0v) is 13.1. The first-order chi connectivity index (χ1) is 10.3. The second-order valence-electron chi connectivity index (χ2n) is 6.02. The molecule has 6 nitrogen and oxygen atoms in total. The van der Waals surface area contributed by atoms with Crippen LogP contribution in [-0.2, 0) is 0 Å². The van der Waals surface area contributed by atoms with Crippen LogP contribution in [0, 0.1) is 5.92 Å². The minimum atomic E-state index is 0.543. The van der Waals surface area contributed by atoms with Crippen LogP contribution < -0.4 is 15.5 Å². The molecule has 1 aromatic heterocycles. The SMILES string of the molecule is CCNc1nc(NC2CC2CC)nc(N2CCCCC2)n1. The van der Waals surface area contributed by atoms with Gasteiger partial charge in [0, 0.05) is 25.7 Å². The molecule has 0 bridgehead atoms. The quantitative estimate of drug-likeness (QED) is 0.839. The summed E-state index contributed by atoms with van der Waals surface area (Å²) in [6.07, 6.45) is 6.23. The molecule has 1 saturated carbocycles. The van der Waals surface area contributed by atoms with Gasteiger partial charge in [-0.25, -0.2) is 0 Å². The van der Waals surface area contributed by atoms with Crippen molar-refractivity contribution >= 4 is 17.8 Å². The van der Waals surface area contributed by atoms with Gasteiger partial charge in [-0.1, -0.05) is 13.3 Å². The van der Waals surface area contributed by atoms with Crippen LogP contribution in [0.3, 0.4) is 0 Å². The smallest absolute Gasteiger partial charge is 0.231 e. The van der Waals surface area contributed by atoms with Crippen LogP contribution in [0.5, 0.6) is 0 Å². The summed E-state index contributed by atoms with van der Waals surface area (Å²) in [5.41, 5.74) is 0. The topological polar surface area (TPSA) is 66.0 Å². The summed E-state index contributed by atoms with van der Waals surface area (Å²) in [6, 6.07) is 0.543. The third-order valence-corrected chi connectivity index (χ3v) is 4.36. The van der Waals surface area contributed by atoms with Crippen molar-refractivity contribution in [3.8, 4) is 0 Å². The number of piperidine rings is 1. The second kappa shape index (κ2) is 6.45. The van der Waals surface area contributed by atoms with Crippen LogP contribution in [-0.4, -0.2) is 40.6 Å². The molecule has 0 radical (unpaired) electrons. The maximum atomic E-state index is 4.64. The molecule has 0 aromatic carbocycles. The lowest BCUT2D eigenvalue weighted by molar-refractivity contribution is 0.567. The fourth-order valence-corrected chi connectivity index (χ4v) is 2.94. The zero-order chi connectivity index (χ0) is 14.7. The van der Waals surface area contributed by atoms with Crippen LogP contribution in [0.4, 0.5) is 17.8 Å². The van der Waals surface area contributed by atoms with E-state index in [1.54, 1.807) is 0 Å². The molecule has 0 amide bonds. The normalized spacial score (nSPS) is 24.8. The highest BCUT2D eigenvalue weighted by Crippen LogP contribution is 2.35. The van der Waals surface area contributed by atoms with Gasteiger partial charge in [0.25, 0.3) is 0 Å². The fraction of sp³-hybridized carbons (Fsp3) is 0.800. The molecule has 2 heterocycles. The summed E-state index contributed by atoms with van der Waals surface area (Å²) in [4.78, 5) is 16.0. The lowest BCUT2D eigenvalue weighted by atomic mass is 10.1. The average Bonchev–Trinajstić information content (AvgIpc) is 3.26. The molecule has 116 valence electrons. The lowest BCUT2D eigenvalue weighted by Crippen LogP contribution is -2.31. The van der Waals surface area contributed by atoms with E-state index >= 15 is 0 Å². The molecule has 21 heavy (non-hydrogen) atoms. The maximum Gasteiger partial charge on any atom is 0.231 e. The Bertz CT molecular complexity index is 471. The van der Waals surface area contributed by atoms with Crippen molar-refractivity contribution < 1.29 is 0 Å². The second-order valence-corrected chi connectivity index (χ2v) is 6.02. The monoisotopic (exact) mass is 290 g/mol. The number of anilines is 3. The van der Waals surface area contributed by atoms with E-state index in [2.05, 4.69) is 44.3 Å². The Hall–Kier alpha value is -1.59. The minimum Gasteiger partial charge on any atom is -0.354 e. The number of rotatable bonds is 6. The molecule has 2 fully saturated rings. The summed E-state index contributed by atoms with van der Waals surface area (Å²) in [5, 5.41) is 6.68. The third-order valence-electron chi connectivity index (χ3n) is 4.36. The largest absolute Gasteiger partial charge is 0.354 e. The van der Waals surface area contributed by atoms with Gasteiger partial charge in [0.2, 0.25) is 17.8 Å². The van der Waals surface area contributed by atoms with Crippen LogP contribution in [0.2, 0.25) is 0 Å². The molecule has 1 aliphatic heterocycles. The first-order valence-electron chi connectivity index (χ1n) is 8.31. The molecule has 2 N–H and O–H groups in total.